The Labute approximate surface area is 213 Å². The number of para-hydroxylation sites is 1. The van der Waals surface area contributed by atoms with Gasteiger partial charge in [-0.3, -0.25) is 9.59 Å². The smallest absolute Gasteiger partial charge is 0.265 e. The van der Waals surface area contributed by atoms with Crippen LogP contribution >= 0.6 is 35.3 Å². The van der Waals surface area contributed by atoms with Crippen molar-refractivity contribution < 1.29 is 14.7 Å². The minimum Gasteiger partial charge on any atom is -0.506 e. The number of benzene rings is 2. The van der Waals surface area contributed by atoms with Gasteiger partial charge in [-0.2, -0.15) is 0 Å². The van der Waals surface area contributed by atoms with Crippen molar-refractivity contribution >= 4 is 64.2 Å². The van der Waals surface area contributed by atoms with Crippen LogP contribution in [0, 0.1) is 0 Å². The molecule has 0 spiro atoms. The fraction of sp³-hybridized carbons (Fsp3) is 0.250. The van der Waals surface area contributed by atoms with E-state index in [2.05, 4.69) is 27.5 Å². The first-order chi connectivity index (χ1) is 15.9. The summed E-state index contributed by atoms with van der Waals surface area (Å²) in [7, 11) is 2.13. The Balaban J connectivity index is 0.00000324. The third-order valence-electron chi connectivity index (χ3n) is 5.54. The van der Waals surface area contributed by atoms with E-state index in [0.29, 0.717) is 20.5 Å². The number of hydrogen-bond donors (Lipinski definition) is 3. The number of nitrogens with one attached hydrogen (secondary N) is 2. The fourth-order valence-electron chi connectivity index (χ4n) is 3.71. The summed E-state index contributed by atoms with van der Waals surface area (Å²) < 4.78 is 0.500. The highest BCUT2D eigenvalue weighted by Gasteiger charge is 2.17. The summed E-state index contributed by atoms with van der Waals surface area (Å²) in [6.07, 6.45) is 1.10. The molecule has 2 amide bonds. The molecule has 1 aromatic heterocycles. The third-order valence-corrected chi connectivity index (χ3v) is 6.77. The monoisotopic (exact) mass is 520 g/mol. The number of carbonyl (C=O) groups excluding carboxylic acids is 2. The molecule has 180 valence electrons. The van der Waals surface area contributed by atoms with E-state index in [-0.39, 0.29) is 35.7 Å². The molecule has 1 aliphatic rings. The Morgan fingerprint density at radius 1 is 0.941 bits per heavy atom. The summed E-state index contributed by atoms with van der Waals surface area (Å²) in [4.78, 5) is 30.5. The number of carbonyl (C=O) groups is 2. The molecule has 0 bridgehead atoms. The first kappa shape index (κ1) is 25.8. The number of likely N-dealkylation sites (N-methyl/N-ethyl adjacent to an activating group) is 1. The molecule has 3 aromatic rings. The number of amides is 2. The van der Waals surface area contributed by atoms with Gasteiger partial charge in [0.1, 0.15) is 11.4 Å². The second-order valence-electron chi connectivity index (χ2n) is 7.90. The lowest BCUT2D eigenvalue weighted by atomic mass is 10.1. The minimum atomic E-state index is -0.381. The van der Waals surface area contributed by atoms with Crippen LogP contribution in [-0.2, 0) is 0 Å². The van der Waals surface area contributed by atoms with Crippen LogP contribution in [0.5, 0.6) is 5.75 Å². The van der Waals surface area contributed by atoms with Crippen LogP contribution in [0.4, 0.5) is 17.1 Å². The number of hydrogen-bond acceptors (Lipinski definition) is 6. The number of nitrogens with zero attached hydrogens (tertiary/aromatic N) is 2. The average Bonchev–Trinajstić information content (AvgIpc) is 3.13. The highest BCUT2D eigenvalue weighted by molar-refractivity contribution is 7.18. The van der Waals surface area contributed by atoms with E-state index in [1.807, 2.05) is 12.1 Å². The summed E-state index contributed by atoms with van der Waals surface area (Å²) in [6, 6.07) is 15.3. The van der Waals surface area contributed by atoms with E-state index in [9.17, 15) is 14.7 Å². The summed E-state index contributed by atoms with van der Waals surface area (Å²) >= 11 is 7.06. The van der Waals surface area contributed by atoms with Gasteiger partial charge in [-0.1, -0.05) is 17.7 Å². The van der Waals surface area contributed by atoms with Crippen LogP contribution in [0.1, 0.15) is 26.5 Å². The van der Waals surface area contributed by atoms with Crippen molar-refractivity contribution in [2.24, 2.45) is 0 Å². The number of rotatable bonds is 5. The standard InChI is InChI=1S/C24H25ClN4O3S.ClH/c1-28-12-3-13-29(15-14-28)17-8-6-16(7-9-17)23(31)27-22-18(4-2-5-19(22)30)26-24(32)20-10-11-21(25)33-20;/h2,4-11,30H,3,12-15H2,1H3,(H,26,32)(H,27,31);1H. The van der Waals surface area contributed by atoms with Crippen molar-refractivity contribution in [1.82, 2.24) is 4.90 Å². The van der Waals surface area contributed by atoms with Gasteiger partial charge in [0.25, 0.3) is 11.8 Å². The maximum absolute atomic E-state index is 12.9. The Hall–Kier alpha value is -2.78. The Kier molecular flexibility index (Phi) is 8.79. The van der Waals surface area contributed by atoms with Gasteiger partial charge in [0.2, 0.25) is 0 Å². The molecule has 0 radical (unpaired) electrons. The number of phenolic OH excluding ortho intramolecular Hbond substituents is 1. The molecule has 34 heavy (non-hydrogen) atoms. The van der Waals surface area contributed by atoms with E-state index >= 15 is 0 Å². The zero-order valence-electron chi connectivity index (χ0n) is 18.6. The molecule has 0 unspecified atom stereocenters. The first-order valence-electron chi connectivity index (χ1n) is 10.6. The van der Waals surface area contributed by atoms with Gasteiger partial charge in [0.15, 0.2) is 0 Å². The summed E-state index contributed by atoms with van der Waals surface area (Å²) in [5, 5.41) is 15.8. The van der Waals surface area contributed by atoms with Gasteiger partial charge in [0, 0.05) is 30.9 Å². The van der Waals surface area contributed by atoms with Crippen LogP contribution in [0.15, 0.2) is 54.6 Å². The van der Waals surface area contributed by atoms with E-state index < -0.39 is 0 Å². The van der Waals surface area contributed by atoms with Gasteiger partial charge >= 0.3 is 0 Å². The van der Waals surface area contributed by atoms with Gasteiger partial charge in [-0.15, -0.1) is 23.7 Å². The first-order valence-corrected chi connectivity index (χ1v) is 11.8. The molecular formula is C24H26Cl2N4O3S. The van der Waals surface area contributed by atoms with Crippen molar-refractivity contribution in [1.29, 1.82) is 0 Å². The van der Waals surface area contributed by atoms with Crippen molar-refractivity contribution in [3.63, 3.8) is 0 Å². The Morgan fingerprint density at radius 2 is 1.71 bits per heavy atom. The van der Waals surface area contributed by atoms with Crippen LogP contribution in [-0.4, -0.2) is 55.0 Å². The lowest BCUT2D eigenvalue weighted by molar-refractivity contribution is 0.101. The van der Waals surface area contributed by atoms with Crippen LogP contribution in [0.3, 0.4) is 0 Å². The third kappa shape index (κ3) is 6.21. The predicted molar refractivity (Wildman–Crippen MR) is 141 cm³/mol. The highest BCUT2D eigenvalue weighted by Crippen LogP contribution is 2.33. The Bertz CT molecular complexity index is 1150. The number of phenols is 1. The zero-order valence-corrected chi connectivity index (χ0v) is 21.0. The minimum absolute atomic E-state index is 0. The summed E-state index contributed by atoms with van der Waals surface area (Å²) in [6.45, 7) is 4.00. The molecule has 1 saturated heterocycles. The zero-order chi connectivity index (χ0) is 23.4. The molecule has 7 nitrogen and oxygen atoms in total. The van der Waals surface area contributed by atoms with Crippen LogP contribution in [0.2, 0.25) is 4.34 Å². The van der Waals surface area contributed by atoms with Crippen molar-refractivity contribution in [3.05, 3.63) is 69.4 Å². The summed E-state index contributed by atoms with van der Waals surface area (Å²) in [5.41, 5.74) is 1.96. The average molecular weight is 521 g/mol. The second kappa shape index (κ2) is 11.6. The largest absolute Gasteiger partial charge is 0.506 e. The molecule has 0 atom stereocenters. The van der Waals surface area contributed by atoms with E-state index in [1.54, 1.807) is 36.4 Å². The number of halogens is 2. The molecule has 1 fully saturated rings. The molecule has 3 N–H and O–H groups in total. The quantitative estimate of drug-likeness (QED) is 0.403. The Morgan fingerprint density at radius 3 is 2.41 bits per heavy atom. The number of aromatic hydroxyl groups is 1. The predicted octanol–water partition coefficient (Wildman–Crippen LogP) is 5.18. The van der Waals surface area contributed by atoms with Crippen molar-refractivity contribution in [2.75, 3.05) is 48.8 Å². The molecule has 1 aliphatic heterocycles. The molecule has 10 heteroatoms. The SMILES string of the molecule is CN1CCCN(c2ccc(C(=O)Nc3c(O)cccc3NC(=O)c3ccc(Cl)s3)cc2)CC1.Cl. The molecule has 0 saturated carbocycles. The number of anilines is 3. The second-order valence-corrected chi connectivity index (χ2v) is 9.62. The number of thiophene rings is 1. The topological polar surface area (TPSA) is 84.9 Å². The molecule has 4 rings (SSSR count). The van der Waals surface area contributed by atoms with Gasteiger partial charge < -0.3 is 25.5 Å². The van der Waals surface area contributed by atoms with Crippen LogP contribution in [0.25, 0.3) is 0 Å². The molecular weight excluding hydrogens is 495 g/mol. The highest BCUT2D eigenvalue weighted by atomic mass is 35.5. The maximum Gasteiger partial charge on any atom is 0.265 e. The molecule has 2 heterocycles. The van der Waals surface area contributed by atoms with E-state index in [4.69, 9.17) is 11.6 Å². The molecule has 2 aromatic carbocycles. The van der Waals surface area contributed by atoms with E-state index in [1.165, 1.54) is 6.07 Å². The maximum atomic E-state index is 12.9. The van der Waals surface area contributed by atoms with Gasteiger partial charge in [-0.05, 0) is 68.5 Å². The lowest BCUT2D eigenvalue weighted by Crippen LogP contribution is -2.28. The normalized spacial score (nSPS) is 14.1. The molecule has 0 aliphatic carbocycles. The fourth-order valence-corrected chi connectivity index (χ4v) is 4.65. The summed E-state index contributed by atoms with van der Waals surface area (Å²) in [5.74, 6) is -0.899. The van der Waals surface area contributed by atoms with Crippen molar-refractivity contribution in [2.45, 2.75) is 6.42 Å². The van der Waals surface area contributed by atoms with Crippen molar-refractivity contribution in [3.8, 4) is 5.75 Å². The lowest BCUT2D eigenvalue weighted by Gasteiger charge is -2.23. The van der Waals surface area contributed by atoms with Gasteiger partial charge in [-0.25, -0.2) is 0 Å². The van der Waals surface area contributed by atoms with Gasteiger partial charge in [0.05, 0.1) is 14.9 Å². The van der Waals surface area contributed by atoms with E-state index in [0.717, 1.165) is 49.6 Å². The van der Waals surface area contributed by atoms with Crippen LogP contribution < -0.4 is 15.5 Å².